The lowest BCUT2D eigenvalue weighted by Gasteiger charge is -2.15. The average Bonchev–Trinajstić information content (AvgIpc) is 3.18. The number of anilines is 2. The molecule has 0 unspecified atom stereocenters. The number of alkyl halides is 3. The lowest BCUT2D eigenvalue weighted by molar-refractivity contribution is -0.0436. The van der Waals surface area contributed by atoms with Gasteiger partial charge in [0.15, 0.2) is 6.39 Å². The molecule has 0 saturated carbocycles. The summed E-state index contributed by atoms with van der Waals surface area (Å²) in [4.78, 5) is 11.2. The molecule has 154 valence electrons. The van der Waals surface area contributed by atoms with Crippen LogP contribution in [0.2, 0.25) is 0 Å². The number of nitrogens with two attached hydrogens (primary N) is 1. The van der Waals surface area contributed by atoms with Gasteiger partial charge in [-0.15, -0.1) is 0 Å². The van der Waals surface area contributed by atoms with Crippen LogP contribution in [0.3, 0.4) is 0 Å². The highest BCUT2D eigenvalue weighted by atomic mass is 32.2. The summed E-state index contributed by atoms with van der Waals surface area (Å²) in [6.07, 6.45) is 4.40. The summed E-state index contributed by atoms with van der Waals surface area (Å²) in [6, 6.07) is 3.22. The number of hydrogen-bond donors (Lipinski definition) is 2. The maximum absolute atomic E-state index is 12.9. The van der Waals surface area contributed by atoms with Gasteiger partial charge in [-0.2, -0.15) is 18.2 Å². The molecule has 0 spiro atoms. The molecular weight excluding hydrogens is 411 g/mol. The molecule has 0 aliphatic carbocycles. The topological polar surface area (TPSA) is 124 Å². The van der Waals surface area contributed by atoms with Crippen molar-refractivity contribution in [3.8, 4) is 11.1 Å². The fraction of sp³-hybridized carbons (Fsp3) is 0.235. The zero-order valence-electron chi connectivity index (χ0n) is 15.1. The first-order valence-corrected chi connectivity index (χ1v) is 9.80. The molecule has 0 fully saturated rings. The Morgan fingerprint density at radius 1 is 1.21 bits per heavy atom. The largest absolute Gasteiger partial charge is 0.501 e. The third-order valence-corrected chi connectivity index (χ3v) is 5.57. The summed E-state index contributed by atoms with van der Waals surface area (Å²) >= 11 is 0. The second-order valence-electron chi connectivity index (χ2n) is 5.95. The van der Waals surface area contributed by atoms with Crippen molar-refractivity contribution in [3.05, 3.63) is 48.3 Å². The first kappa shape index (κ1) is 20.6. The van der Waals surface area contributed by atoms with E-state index in [4.69, 9.17) is 10.2 Å². The number of nitrogens with zero attached hydrogens (tertiary/aromatic N) is 3. The molecule has 3 rings (SSSR count). The van der Waals surface area contributed by atoms with Crippen LogP contribution in [0, 0.1) is 0 Å². The first-order chi connectivity index (χ1) is 13.6. The van der Waals surface area contributed by atoms with Crippen LogP contribution in [0.1, 0.15) is 18.2 Å². The van der Waals surface area contributed by atoms with Crippen LogP contribution in [0.4, 0.5) is 24.9 Å². The number of aryl methyl sites for hydroxylation is 1. The molecule has 3 aromatic rings. The van der Waals surface area contributed by atoms with E-state index in [1.54, 1.807) is 6.92 Å². The van der Waals surface area contributed by atoms with Crippen LogP contribution in [-0.4, -0.2) is 28.9 Å². The van der Waals surface area contributed by atoms with E-state index >= 15 is 0 Å². The van der Waals surface area contributed by atoms with E-state index < -0.39 is 20.2 Å². The smallest absolute Gasteiger partial charge is 0.451 e. The van der Waals surface area contributed by atoms with E-state index in [1.807, 2.05) is 0 Å². The number of halogens is 3. The summed E-state index contributed by atoms with van der Waals surface area (Å²) in [7, 11) is -5.45. The lowest BCUT2D eigenvalue weighted by atomic mass is 9.99. The van der Waals surface area contributed by atoms with Crippen LogP contribution < -0.4 is 11.1 Å². The van der Waals surface area contributed by atoms with Gasteiger partial charge in [-0.3, -0.25) is 0 Å². The summed E-state index contributed by atoms with van der Waals surface area (Å²) in [5.74, 6) is 0.312. The van der Waals surface area contributed by atoms with Gasteiger partial charge >= 0.3 is 5.51 Å². The Bertz CT molecular complexity index is 1120. The Morgan fingerprint density at radius 2 is 1.97 bits per heavy atom. The Hall–Kier alpha value is -3.15. The molecule has 8 nitrogen and oxygen atoms in total. The maximum Gasteiger partial charge on any atom is 0.501 e. The minimum atomic E-state index is -5.45. The van der Waals surface area contributed by atoms with E-state index in [0.717, 1.165) is 12.1 Å². The van der Waals surface area contributed by atoms with E-state index in [1.165, 1.54) is 24.9 Å². The van der Waals surface area contributed by atoms with Gasteiger partial charge in [0.05, 0.1) is 17.1 Å². The molecular formula is C17H16F3N5O3S. The maximum atomic E-state index is 12.9. The molecule has 12 heteroatoms. The van der Waals surface area contributed by atoms with Crippen LogP contribution in [0.25, 0.3) is 11.1 Å². The molecule has 0 aliphatic rings. The molecule has 0 aliphatic heterocycles. The second-order valence-corrected chi connectivity index (χ2v) is 7.89. The van der Waals surface area contributed by atoms with Crippen molar-refractivity contribution in [2.45, 2.75) is 30.3 Å². The predicted molar refractivity (Wildman–Crippen MR) is 98.3 cm³/mol. The van der Waals surface area contributed by atoms with Crippen LogP contribution in [0.5, 0.6) is 0 Å². The number of nitrogen functional groups attached to an aromatic ring is 1. The van der Waals surface area contributed by atoms with Crippen molar-refractivity contribution in [3.63, 3.8) is 0 Å². The quantitative estimate of drug-likeness (QED) is 0.615. The molecule has 0 atom stereocenters. The Balaban J connectivity index is 2.04. The average molecular weight is 427 g/mol. The number of hydrogen-bond acceptors (Lipinski definition) is 8. The molecule has 0 saturated heterocycles. The lowest BCUT2D eigenvalue weighted by Crippen LogP contribution is -2.23. The summed E-state index contributed by atoms with van der Waals surface area (Å²) in [6.45, 7) is 1.95. The molecule has 1 aromatic carbocycles. The number of oxazole rings is 1. The van der Waals surface area contributed by atoms with Gasteiger partial charge in [0.25, 0.3) is 9.84 Å². The number of aromatic nitrogens is 3. The minimum absolute atomic E-state index is 0.00859. The highest BCUT2D eigenvalue weighted by molar-refractivity contribution is 7.92. The highest BCUT2D eigenvalue weighted by Gasteiger charge is 2.47. The summed E-state index contributed by atoms with van der Waals surface area (Å²) in [5.41, 5.74) is 2.19. The van der Waals surface area contributed by atoms with Crippen molar-refractivity contribution in [2.75, 3.05) is 11.1 Å². The van der Waals surface area contributed by atoms with Gasteiger partial charge in [0, 0.05) is 11.8 Å². The monoisotopic (exact) mass is 427 g/mol. The summed E-state index contributed by atoms with van der Waals surface area (Å²) in [5, 5.41) is 3.02. The van der Waals surface area contributed by atoms with Gasteiger partial charge in [-0.05, 0) is 29.7 Å². The zero-order chi connectivity index (χ0) is 21.2. The summed E-state index contributed by atoms with van der Waals surface area (Å²) < 4.78 is 67.0. The first-order valence-electron chi connectivity index (χ1n) is 8.31. The fourth-order valence-corrected chi connectivity index (χ4v) is 3.46. The van der Waals surface area contributed by atoms with Crippen molar-refractivity contribution in [2.24, 2.45) is 0 Å². The minimum Gasteiger partial charge on any atom is -0.451 e. The zero-order valence-corrected chi connectivity index (χ0v) is 15.9. The van der Waals surface area contributed by atoms with Crippen LogP contribution in [0.15, 0.2) is 46.4 Å². The van der Waals surface area contributed by atoms with Gasteiger partial charge in [0.2, 0.25) is 5.95 Å². The Kier molecular flexibility index (Phi) is 5.46. The molecule has 3 N–H and O–H groups in total. The molecule has 0 bridgehead atoms. The van der Waals surface area contributed by atoms with Gasteiger partial charge in [0.1, 0.15) is 12.1 Å². The Morgan fingerprint density at radius 3 is 2.59 bits per heavy atom. The third-order valence-electron chi connectivity index (χ3n) is 4.09. The number of rotatable bonds is 6. The van der Waals surface area contributed by atoms with E-state index in [9.17, 15) is 21.6 Å². The molecule has 2 aromatic heterocycles. The molecule has 2 heterocycles. The van der Waals surface area contributed by atoms with Crippen molar-refractivity contribution in [1.29, 1.82) is 0 Å². The van der Waals surface area contributed by atoms with Gasteiger partial charge in [-0.25, -0.2) is 18.4 Å². The molecule has 0 radical (unpaired) electrons. The number of nitrogens with one attached hydrogen (secondary N) is 1. The number of sulfone groups is 1. The van der Waals surface area contributed by atoms with Crippen molar-refractivity contribution >= 4 is 21.6 Å². The molecule has 29 heavy (non-hydrogen) atoms. The van der Waals surface area contributed by atoms with Crippen LogP contribution >= 0.6 is 0 Å². The van der Waals surface area contributed by atoms with E-state index in [-0.39, 0.29) is 18.9 Å². The van der Waals surface area contributed by atoms with E-state index in [2.05, 4.69) is 20.3 Å². The molecule has 0 amide bonds. The standard InChI is InChI=1S/C17H16F3N5O3S/c1-2-10-5-12(29(26,27)17(18,19)20)3-4-13(10)14-7-23-16(21)25-15(14)22-6-11-8-28-9-24-11/h3-5,7-9H,2,6H2,1H3,(H3,21,22,23,25). The normalized spacial score (nSPS) is 12.1. The third kappa shape index (κ3) is 4.16. The number of benzene rings is 1. The van der Waals surface area contributed by atoms with Gasteiger partial charge in [-0.1, -0.05) is 13.0 Å². The SMILES string of the molecule is CCc1cc(S(=O)(=O)C(F)(F)F)ccc1-c1cnc(N)nc1NCc1cocn1. The Labute approximate surface area is 163 Å². The highest BCUT2D eigenvalue weighted by Crippen LogP contribution is 2.35. The van der Waals surface area contributed by atoms with Crippen LogP contribution in [-0.2, 0) is 22.8 Å². The van der Waals surface area contributed by atoms with Crippen molar-refractivity contribution in [1.82, 2.24) is 15.0 Å². The fourth-order valence-electron chi connectivity index (χ4n) is 2.65. The van der Waals surface area contributed by atoms with Gasteiger partial charge < -0.3 is 15.5 Å². The second kappa shape index (κ2) is 7.70. The predicted octanol–water partition coefficient (Wildman–Crippen LogP) is 3.18. The van der Waals surface area contributed by atoms with E-state index in [0.29, 0.717) is 28.2 Å². The van der Waals surface area contributed by atoms with Crippen molar-refractivity contribution < 1.29 is 26.0 Å².